The maximum absolute atomic E-state index is 9.84. The number of piperazine rings is 1. The molecule has 134 valence electrons. The van der Waals surface area contributed by atoms with Crippen LogP contribution in [0.15, 0.2) is 30.3 Å². The van der Waals surface area contributed by atoms with E-state index >= 15 is 0 Å². The predicted molar refractivity (Wildman–Crippen MR) is 105 cm³/mol. The van der Waals surface area contributed by atoms with Gasteiger partial charge in [0.05, 0.1) is 49.3 Å². The van der Waals surface area contributed by atoms with Gasteiger partial charge in [0, 0.05) is 0 Å². The molecule has 0 spiro atoms. The molecule has 1 aromatic carbocycles. The quantitative estimate of drug-likeness (QED) is 0.789. The number of nitriles is 1. The number of pyridine rings is 1. The monoisotopic (exact) mass is 348 g/mol. The number of quaternary nitrogens is 1. The Kier molecular flexibility index (Phi) is 4.29. The highest BCUT2D eigenvalue weighted by Gasteiger charge is 2.25. The second-order valence-corrected chi connectivity index (χ2v) is 7.45. The molecule has 4 rings (SSSR count). The molecule has 0 radical (unpaired) electrons. The van der Waals surface area contributed by atoms with Crippen molar-refractivity contribution in [1.82, 2.24) is 9.38 Å². The van der Waals surface area contributed by atoms with E-state index < -0.39 is 0 Å². The van der Waals surface area contributed by atoms with Crippen molar-refractivity contribution in [3.05, 3.63) is 41.5 Å². The molecule has 0 aliphatic carbocycles. The Morgan fingerprint density at radius 2 is 1.96 bits per heavy atom. The lowest BCUT2D eigenvalue weighted by atomic mass is 9.98. The maximum atomic E-state index is 9.84. The van der Waals surface area contributed by atoms with Crippen LogP contribution in [0.25, 0.3) is 16.7 Å². The van der Waals surface area contributed by atoms with Gasteiger partial charge >= 0.3 is 0 Å². The summed E-state index contributed by atoms with van der Waals surface area (Å²) in [6, 6.07) is 12.8. The highest BCUT2D eigenvalue weighted by atomic mass is 15.3. The molecule has 1 fully saturated rings. The smallest absolute Gasteiger partial charge is 0.157 e. The molecule has 1 saturated heterocycles. The number of para-hydroxylation sites is 2. The van der Waals surface area contributed by atoms with Crippen molar-refractivity contribution in [1.29, 1.82) is 5.26 Å². The Morgan fingerprint density at radius 1 is 1.23 bits per heavy atom. The summed E-state index contributed by atoms with van der Waals surface area (Å²) in [6.07, 6.45) is 0. The minimum Gasteiger partial charge on any atom is -0.346 e. The van der Waals surface area contributed by atoms with Crippen LogP contribution in [0, 0.1) is 11.3 Å². The van der Waals surface area contributed by atoms with Crippen LogP contribution in [-0.2, 0) is 0 Å². The third-order valence-electron chi connectivity index (χ3n) is 5.62. The molecule has 26 heavy (non-hydrogen) atoms. The van der Waals surface area contributed by atoms with Gasteiger partial charge in [0.1, 0.15) is 11.9 Å². The van der Waals surface area contributed by atoms with Crippen molar-refractivity contribution in [2.24, 2.45) is 0 Å². The van der Waals surface area contributed by atoms with Crippen molar-refractivity contribution < 1.29 is 4.90 Å². The lowest BCUT2D eigenvalue weighted by Gasteiger charge is -2.34. The first-order valence-electron chi connectivity index (χ1n) is 9.56. The molecule has 5 heteroatoms. The SMILES string of the molecule is CC[NH+]1CCN(c2cc(C(C)C)c(C#N)c3nc4ccccc4n23)CC1. The van der Waals surface area contributed by atoms with Gasteiger partial charge in [-0.1, -0.05) is 26.0 Å². The molecule has 1 aliphatic rings. The van der Waals surface area contributed by atoms with Gasteiger partial charge in [-0.15, -0.1) is 0 Å². The minimum atomic E-state index is 0.288. The summed E-state index contributed by atoms with van der Waals surface area (Å²) < 4.78 is 2.19. The highest BCUT2D eigenvalue weighted by Crippen LogP contribution is 2.32. The van der Waals surface area contributed by atoms with Crippen LogP contribution in [0.5, 0.6) is 0 Å². The molecule has 1 aliphatic heterocycles. The standard InChI is InChI=1S/C21H25N5/c1-4-24-9-11-25(12-10-24)20-13-16(15(2)3)17(14-22)21-23-18-7-5-6-8-19(18)26(20)21/h5-8,13,15H,4,9-12H2,1-3H3/p+1. The van der Waals surface area contributed by atoms with Crippen LogP contribution >= 0.6 is 0 Å². The van der Waals surface area contributed by atoms with Gasteiger partial charge in [0.25, 0.3) is 0 Å². The number of hydrogen-bond donors (Lipinski definition) is 1. The van der Waals surface area contributed by atoms with E-state index in [-0.39, 0.29) is 5.92 Å². The van der Waals surface area contributed by atoms with E-state index in [1.54, 1.807) is 4.90 Å². The van der Waals surface area contributed by atoms with Gasteiger partial charge in [0.2, 0.25) is 0 Å². The minimum absolute atomic E-state index is 0.288. The molecule has 0 atom stereocenters. The highest BCUT2D eigenvalue weighted by molar-refractivity contribution is 5.85. The fraction of sp³-hybridized carbons (Fsp3) is 0.429. The van der Waals surface area contributed by atoms with Crippen LogP contribution in [0.4, 0.5) is 5.82 Å². The van der Waals surface area contributed by atoms with E-state index in [4.69, 9.17) is 4.98 Å². The van der Waals surface area contributed by atoms with Gasteiger partial charge in [-0.05, 0) is 36.6 Å². The van der Waals surface area contributed by atoms with Gasteiger partial charge in [-0.25, -0.2) is 4.98 Å². The van der Waals surface area contributed by atoms with Gasteiger partial charge in [-0.3, -0.25) is 4.40 Å². The van der Waals surface area contributed by atoms with E-state index in [9.17, 15) is 5.26 Å². The average molecular weight is 348 g/mol. The summed E-state index contributed by atoms with van der Waals surface area (Å²) in [5, 5.41) is 9.84. The van der Waals surface area contributed by atoms with Crippen LogP contribution < -0.4 is 9.80 Å². The first-order chi connectivity index (χ1) is 12.6. The Bertz CT molecular complexity index is 987. The number of fused-ring (bicyclic) bond motifs is 3. The molecular formula is C21H26N5+. The lowest BCUT2D eigenvalue weighted by molar-refractivity contribution is -0.898. The Labute approximate surface area is 154 Å². The maximum Gasteiger partial charge on any atom is 0.157 e. The van der Waals surface area contributed by atoms with E-state index in [1.165, 1.54) is 12.4 Å². The van der Waals surface area contributed by atoms with E-state index in [0.29, 0.717) is 5.56 Å². The number of anilines is 1. The van der Waals surface area contributed by atoms with Crippen molar-refractivity contribution in [3.8, 4) is 6.07 Å². The van der Waals surface area contributed by atoms with Gasteiger partial charge in [0.15, 0.2) is 5.65 Å². The number of likely N-dealkylation sites (N-methyl/N-ethyl adjacent to an activating group) is 1. The Morgan fingerprint density at radius 3 is 2.62 bits per heavy atom. The number of aromatic nitrogens is 2. The molecule has 1 N–H and O–H groups in total. The fourth-order valence-corrected chi connectivity index (χ4v) is 4.04. The van der Waals surface area contributed by atoms with Crippen LogP contribution in [0.2, 0.25) is 0 Å². The van der Waals surface area contributed by atoms with E-state index in [0.717, 1.165) is 48.4 Å². The van der Waals surface area contributed by atoms with Crippen LogP contribution in [0.1, 0.15) is 37.8 Å². The summed E-state index contributed by atoms with van der Waals surface area (Å²) in [5.41, 5.74) is 4.62. The average Bonchev–Trinajstić information content (AvgIpc) is 3.06. The summed E-state index contributed by atoms with van der Waals surface area (Å²) in [4.78, 5) is 8.95. The number of nitrogens with one attached hydrogen (secondary N) is 1. The second kappa shape index (κ2) is 6.62. The van der Waals surface area contributed by atoms with E-state index in [2.05, 4.69) is 48.3 Å². The summed E-state index contributed by atoms with van der Waals surface area (Å²) >= 11 is 0. The Hall–Kier alpha value is -2.58. The molecule has 3 heterocycles. The third kappa shape index (κ3) is 2.62. The zero-order valence-electron chi connectivity index (χ0n) is 15.8. The molecular weight excluding hydrogens is 322 g/mol. The Balaban J connectivity index is 1.97. The molecule has 3 aromatic rings. The normalized spacial score (nSPS) is 15.9. The predicted octanol–water partition coefficient (Wildman–Crippen LogP) is 2.21. The van der Waals surface area contributed by atoms with Crippen molar-refractivity contribution in [2.45, 2.75) is 26.7 Å². The molecule has 0 unspecified atom stereocenters. The first kappa shape index (κ1) is 16.9. The van der Waals surface area contributed by atoms with Crippen molar-refractivity contribution in [3.63, 3.8) is 0 Å². The fourth-order valence-electron chi connectivity index (χ4n) is 4.04. The molecule has 2 aromatic heterocycles. The van der Waals surface area contributed by atoms with Gasteiger partial charge < -0.3 is 9.80 Å². The van der Waals surface area contributed by atoms with Crippen LogP contribution in [-0.4, -0.2) is 42.1 Å². The van der Waals surface area contributed by atoms with Crippen molar-refractivity contribution in [2.75, 3.05) is 37.6 Å². The zero-order chi connectivity index (χ0) is 18.3. The molecule has 0 saturated carbocycles. The lowest BCUT2D eigenvalue weighted by Crippen LogP contribution is -3.14. The molecule has 0 amide bonds. The zero-order valence-corrected chi connectivity index (χ0v) is 15.8. The number of rotatable bonds is 3. The number of imidazole rings is 1. The van der Waals surface area contributed by atoms with Crippen LogP contribution in [0.3, 0.4) is 0 Å². The van der Waals surface area contributed by atoms with Crippen molar-refractivity contribution >= 4 is 22.5 Å². The summed E-state index contributed by atoms with van der Waals surface area (Å²) in [5.74, 6) is 1.46. The largest absolute Gasteiger partial charge is 0.346 e. The van der Waals surface area contributed by atoms with E-state index in [1.807, 2.05) is 18.2 Å². The first-order valence-corrected chi connectivity index (χ1v) is 9.56. The molecule has 5 nitrogen and oxygen atoms in total. The third-order valence-corrected chi connectivity index (χ3v) is 5.62. The number of nitrogens with zero attached hydrogens (tertiary/aromatic N) is 4. The second-order valence-electron chi connectivity index (χ2n) is 7.45. The molecule has 0 bridgehead atoms. The summed E-state index contributed by atoms with van der Waals surface area (Å²) in [7, 11) is 0. The number of benzene rings is 1. The number of hydrogen-bond acceptors (Lipinski definition) is 3. The van der Waals surface area contributed by atoms with Gasteiger partial charge in [-0.2, -0.15) is 5.26 Å². The topological polar surface area (TPSA) is 48.8 Å². The summed E-state index contributed by atoms with van der Waals surface area (Å²) in [6.45, 7) is 12.1.